The van der Waals surface area contributed by atoms with Crippen LogP contribution < -0.4 is 4.99 Å². The van der Waals surface area contributed by atoms with Crippen LogP contribution in [0.1, 0.15) is 0 Å². The molecule has 0 spiro atoms. The standard InChI is InChI=1S/C3H5NOS/c1-2-5-6-3-4-1/h3H,1-2H2/q+1. The van der Waals surface area contributed by atoms with E-state index in [-0.39, 0.29) is 0 Å². The highest BCUT2D eigenvalue weighted by atomic mass is 32.2. The van der Waals surface area contributed by atoms with Gasteiger partial charge in [0.2, 0.25) is 6.54 Å². The number of hydrogen-bond acceptors (Lipinski definition) is 3. The first-order valence-corrected chi connectivity index (χ1v) is 2.57. The van der Waals surface area contributed by atoms with Gasteiger partial charge in [-0.3, -0.25) is 4.18 Å². The quantitative estimate of drug-likeness (QED) is 0.404. The van der Waals surface area contributed by atoms with Crippen molar-refractivity contribution in [3.05, 3.63) is 0 Å². The van der Waals surface area contributed by atoms with E-state index in [2.05, 4.69) is 4.99 Å². The van der Waals surface area contributed by atoms with Crippen molar-refractivity contribution >= 4 is 17.6 Å². The minimum absolute atomic E-state index is 0.765. The molecule has 33 valence electrons. The highest BCUT2D eigenvalue weighted by Crippen LogP contribution is 1.96. The molecule has 0 amide bonds. The summed E-state index contributed by atoms with van der Waals surface area (Å²) >= 11 is 1.30. The molecule has 0 aromatic carbocycles. The maximum Gasteiger partial charge on any atom is 0.295 e. The van der Waals surface area contributed by atoms with Gasteiger partial charge in [-0.05, 0) is 0 Å². The van der Waals surface area contributed by atoms with E-state index in [1.54, 1.807) is 5.55 Å². The van der Waals surface area contributed by atoms with E-state index in [0.29, 0.717) is 0 Å². The first-order chi connectivity index (χ1) is 3.00. The van der Waals surface area contributed by atoms with Crippen LogP contribution in [0, 0.1) is 0 Å². The average Bonchev–Trinajstić information content (AvgIpc) is 1.72. The SMILES string of the molecule is C1=[N+]CCOS1. The van der Waals surface area contributed by atoms with Gasteiger partial charge in [-0.1, -0.05) is 0 Å². The Morgan fingerprint density at radius 2 is 2.83 bits per heavy atom. The molecule has 1 heterocycles. The summed E-state index contributed by atoms with van der Waals surface area (Å²) in [6.45, 7) is 1.59. The van der Waals surface area contributed by atoms with Gasteiger partial charge in [0.15, 0.2) is 0 Å². The van der Waals surface area contributed by atoms with Crippen molar-refractivity contribution in [3.8, 4) is 0 Å². The fourth-order valence-electron chi connectivity index (χ4n) is 0.252. The van der Waals surface area contributed by atoms with Gasteiger partial charge < -0.3 is 0 Å². The van der Waals surface area contributed by atoms with Crippen LogP contribution in [0.15, 0.2) is 0 Å². The smallest absolute Gasteiger partial charge is 0.295 e. The molecule has 0 aliphatic carbocycles. The summed E-state index contributed by atoms with van der Waals surface area (Å²) in [6.07, 6.45) is 0. The Bertz CT molecular complexity index is 55.8. The van der Waals surface area contributed by atoms with E-state index >= 15 is 0 Å². The Kier molecular flexibility index (Phi) is 1.52. The molecule has 0 saturated heterocycles. The first-order valence-electron chi connectivity index (χ1n) is 1.77. The fraction of sp³-hybridized carbons (Fsp3) is 0.667. The molecule has 0 fully saturated rings. The van der Waals surface area contributed by atoms with Gasteiger partial charge >= 0.3 is 0 Å². The van der Waals surface area contributed by atoms with Gasteiger partial charge in [-0.25, -0.2) is 0 Å². The maximum absolute atomic E-state index is 4.84. The predicted molar refractivity (Wildman–Crippen MR) is 26.6 cm³/mol. The zero-order valence-electron chi connectivity index (χ0n) is 3.26. The maximum atomic E-state index is 4.84. The van der Waals surface area contributed by atoms with E-state index in [4.69, 9.17) is 4.18 Å². The number of aliphatic imine (C=N–C) groups is 1. The average molecular weight is 103 g/mol. The van der Waals surface area contributed by atoms with Gasteiger partial charge in [0, 0.05) is 4.99 Å². The molecule has 1 aliphatic rings. The van der Waals surface area contributed by atoms with E-state index in [1.165, 1.54) is 12.0 Å². The Balaban J connectivity index is 2.26. The lowest BCUT2D eigenvalue weighted by Gasteiger charge is -1.88. The topological polar surface area (TPSA) is 23.3 Å². The minimum Gasteiger partial charge on any atom is -0.299 e. The van der Waals surface area contributed by atoms with Crippen LogP contribution in [-0.2, 0) is 4.18 Å². The molecule has 0 bridgehead atoms. The predicted octanol–water partition coefficient (Wildman–Crippen LogP) is 0.0289. The Morgan fingerprint density at radius 3 is 3.00 bits per heavy atom. The van der Waals surface area contributed by atoms with Crippen LogP contribution in [0.3, 0.4) is 0 Å². The number of nitrogens with zero attached hydrogens (tertiary/aromatic N) is 1. The van der Waals surface area contributed by atoms with Crippen LogP contribution in [0.4, 0.5) is 0 Å². The molecule has 0 atom stereocenters. The summed E-state index contributed by atoms with van der Waals surface area (Å²) in [6, 6.07) is 0. The van der Waals surface area contributed by atoms with Crippen molar-refractivity contribution < 1.29 is 4.18 Å². The molecule has 0 aromatic rings. The van der Waals surface area contributed by atoms with Crippen LogP contribution in [0.2, 0.25) is 0 Å². The fourth-order valence-corrected chi connectivity index (χ4v) is 0.650. The zero-order chi connectivity index (χ0) is 4.24. The molecule has 2 nitrogen and oxygen atoms in total. The summed E-state index contributed by atoms with van der Waals surface area (Å²) < 4.78 is 4.84. The number of hydrogen-bond donors (Lipinski definition) is 0. The van der Waals surface area contributed by atoms with Crippen molar-refractivity contribution in [1.29, 1.82) is 0 Å². The van der Waals surface area contributed by atoms with Gasteiger partial charge in [-0.15, -0.1) is 0 Å². The molecule has 0 unspecified atom stereocenters. The summed E-state index contributed by atoms with van der Waals surface area (Å²) in [4.78, 5) is 3.89. The normalized spacial score (nSPS) is 21.3. The Labute approximate surface area is 40.8 Å². The third-order valence-electron chi connectivity index (χ3n) is 0.489. The van der Waals surface area contributed by atoms with Crippen molar-refractivity contribution in [2.75, 3.05) is 13.2 Å². The molecular weight excluding hydrogens is 98.1 g/mol. The molecule has 0 aromatic heterocycles. The van der Waals surface area contributed by atoms with Gasteiger partial charge in [0.05, 0.1) is 12.0 Å². The monoisotopic (exact) mass is 103 g/mol. The van der Waals surface area contributed by atoms with Crippen molar-refractivity contribution in [2.24, 2.45) is 0 Å². The lowest BCUT2D eigenvalue weighted by Crippen LogP contribution is -2.06. The highest BCUT2D eigenvalue weighted by Gasteiger charge is 2.00. The molecule has 1 radical (unpaired) electrons. The molecule has 1 rings (SSSR count). The van der Waals surface area contributed by atoms with Crippen molar-refractivity contribution in [3.63, 3.8) is 0 Å². The second-order valence-electron chi connectivity index (χ2n) is 0.930. The Hall–Kier alpha value is -0.0200. The Morgan fingerprint density at radius 1 is 1.83 bits per heavy atom. The summed E-state index contributed by atoms with van der Waals surface area (Å²) in [7, 11) is 0. The molecule has 0 N–H and O–H groups in total. The van der Waals surface area contributed by atoms with Crippen molar-refractivity contribution in [1.82, 2.24) is 4.99 Å². The largest absolute Gasteiger partial charge is 0.299 e. The summed E-state index contributed by atoms with van der Waals surface area (Å²) in [5.74, 6) is 0. The van der Waals surface area contributed by atoms with Gasteiger partial charge in [0.1, 0.15) is 6.61 Å². The van der Waals surface area contributed by atoms with Gasteiger partial charge in [-0.2, -0.15) is 0 Å². The molecular formula is C3H5NOS+. The first kappa shape index (κ1) is 4.15. The summed E-state index contributed by atoms with van der Waals surface area (Å²) in [5, 5.41) is 0. The second kappa shape index (κ2) is 2.21. The number of rotatable bonds is 0. The van der Waals surface area contributed by atoms with Crippen LogP contribution in [0.5, 0.6) is 0 Å². The highest BCUT2D eigenvalue weighted by molar-refractivity contribution is 8.07. The van der Waals surface area contributed by atoms with Crippen LogP contribution >= 0.6 is 12.0 Å². The lowest BCUT2D eigenvalue weighted by molar-refractivity contribution is 0.380. The van der Waals surface area contributed by atoms with Crippen LogP contribution in [0.25, 0.3) is 0 Å². The molecule has 3 heteroatoms. The van der Waals surface area contributed by atoms with Gasteiger partial charge in [0.25, 0.3) is 5.55 Å². The van der Waals surface area contributed by atoms with E-state index in [0.717, 1.165) is 13.2 Å². The summed E-state index contributed by atoms with van der Waals surface area (Å²) in [5.41, 5.74) is 1.71. The lowest BCUT2D eigenvalue weighted by atomic mass is 10.7. The van der Waals surface area contributed by atoms with E-state index in [9.17, 15) is 0 Å². The van der Waals surface area contributed by atoms with E-state index < -0.39 is 0 Å². The third-order valence-corrected chi connectivity index (χ3v) is 1.03. The zero-order valence-corrected chi connectivity index (χ0v) is 4.07. The third kappa shape index (κ3) is 0.988. The molecule has 0 saturated carbocycles. The molecule has 1 aliphatic heterocycles. The van der Waals surface area contributed by atoms with E-state index in [1.807, 2.05) is 0 Å². The second-order valence-corrected chi connectivity index (χ2v) is 1.57. The molecule has 6 heavy (non-hydrogen) atoms. The minimum atomic E-state index is 0.765. The van der Waals surface area contributed by atoms with Crippen molar-refractivity contribution in [2.45, 2.75) is 0 Å². The van der Waals surface area contributed by atoms with Crippen LogP contribution in [-0.4, -0.2) is 18.7 Å².